The number of aliphatic hydroxyl groups is 7. The van der Waals surface area contributed by atoms with E-state index in [2.05, 4.69) is 0 Å². The van der Waals surface area contributed by atoms with Gasteiger partial charge in [-0.2, -0.15) is 0 Å². The lowest BCUT2D eigenvalue weighted by molar-refractivity contribution is -0.456. The van der Waals surface area contributed by atoms with E-state index in [-0.39, 0.29) is 0 Å². The van der Waals surface area contributed by atoms with Crippen molar-refractivity contribution in [3.63, 3.8) is 0 Å². The Morgan fingerprint density at radius 2 is 0.737 bits per heavy atom. The summed E-state index contributed by atoms with van der Waals surface area (Å²) in [7, 11) is 0. The van der Waals surface area contributed by atoms with Crippen LogP contribution < -0.4 is 0 Å². The van der Waals surface area contributed by atoms with Crippen LogP contribution in [0.3, 0.4) is 0 Å². The highest BCUT2D eigenvalue weighted by Gasteiger charge is 2.98. The Kier molecular flexibility index (Phi) is 17.4. The number of aliphatic hydroxyl groups excluding tert-OH is 4. The standard InChI is InChI=1S/C68H54O27/c69-33-51-52(79)60(87)62(34-70,92-51)94-68(59(86)41-15-7-23-49(77)31-41)65(91,56(83)38-12-4-20-46(74)28-38)64(90,55(82)37-11-3-19-45(73)27-37)67(58(85)40-14-6-22-48(76)30-40,93-61(88)42-16-8-24-50(78)32-42)66(95-68,57(84)39-13-5-21-47(75)29-39)63(89,53(80)35-9-1-17-43(71)25-35)54(81)36-10-2-18-44(72)26-36/h1-32,51-52,60,69-79,87,89-91H,33-34H2/t51-,52-,60+,62?,64-,65-,66-,67+,68-/m1/s1. The number of phenolic OH excluding ortho intramolecular Hbond substituents is 8. The average Bonchev–Trinajstić information content (AvgIpc) is 0.682. The molecule has 0 aliphatic carbocycles. The number of rotatable bonds is 21. The van der Waals surface area contributed by atoms with Gasteiger partial charge in [0.1, 0.15) is 70.9 Å². The molecule has 2 saturated heterocycles. The molecule has 27 heteroatoms. The molecule has 2 aliphatic heterocycles. The van der Waals surface area contributed by atoms with Gasteiger partial charge in [-0.1, -0.05) is 91.0 Å². The SMILES string of the molecule is O=C(O[C@@]1(C(=O)c2cccc(O)c2)[C@@](O)(C(=O)c2cccc(O)c2)[C@](O)(C(=O)c2cccc(O)c2)[C@@](OC2(CO)O[C@H](CO)[C@@H](O)[C@@H]2O)(C(=O)c2cccc(O)c2)O[C@]1(C(=O)c1cccc(O)c1)C(O)(C(=O)c1cccc(O)c1)C(=O)c1cccc(O)c1)c1cccc(O)c1. The summed E-state index contributed by atoms with van der Waals surface area (Å²) in [6.07, 6.45) is -8.03. The van der Waals surface area contributed by atoms with Gasteiger partial charge in [-0.25, -0.2) is 4.79 Å². The molecule has 10 rings (SSSR count). The van der Waals surface area contributed by atoms with E-state index in [1.165, 1.54) is 0 Å². The van der Waals surface area contributed by atoms with Crippen molar-refractivity contribution in [2.24, 2.45) is 0 Å². The van der Waals surface area contributed by atoms with Crippen LogP contribution in [0.15, 0.2) is 194 Å². The highest BCUT2D eigenvalue weighted by molar-refractivity contribution is 6.33. The third-order valence-electron chi connectivity index (χ3n) is 16.4. The number of phenols is 8. The second-order valence-corrected chi connectivity index (χ2v) is 22.2. The lowest BCUT2D eigenvalue weighted by Crippen LogP contribution is -2.99. The van der Waals surface area contributed by atoms with Gasteiger partial charge in [-0.3, -0.25) is 33.6 Å². The third-order valence-corrected chi connectivity index (χ3v) is 16.4. The van der Waals surface area contributed by atoms with Crippen molar-refractivity contribution < 1.29 is 134 Å². The molecule has 27 nitrogen and oxygen atoms in total. The molecule has 0 spiro atoms. The maximum absolute atomic E-state index is 17.9. The molecule has 2 heterocycles. The van der Waals surface area contributed by atoms with E-state index in [1.54, 1.807) is 0 Å². The zero-order valence-electron chi connectivity index (χ0n) is 48.7. The molecule has 2 aliphatic rings. The zero-order valence-corrected chi connectivity index (χ0v) is 48.7. The number of ether oxygens (including phenoxy) is 4. The van der Waals surface area contributed by atoms with Crippen molar-refractivity contribution in [1.82, 2.24) is 0 Å². The first kappa shape index (κ1) is 66.8. The Morgan fingerprint density at radius 1 is 0.421 bits per heavy atom. The minimum absolute atomic E-state index is 0.372. The van der Waals surface area contributed by atoms with Crippen LogP contribution >= 0.6 is 0 Å². The molecule has 1 unspecified atom stereocenters. The van der Waals surface area contributed by atoms with Crippen LogP contribution in [0, 0.1) is 0 Å². The minimum atomic E-state index is -5.83. The van der Waals surface area contributed by atoms with Crippen molar-refractivity contribution in [1.29, 1.82) is 0 Å². The second kappa shape index (κ2) is 24.8. The molecule has 15 N–H and O–H groups in total. The lowest BCUT2D eigenvalue weighted by atomic mass is 9.46. The van der Waals surface area contributed by atoms with Gasteiger partial charge in [0.2, 0.25) is 68.7 Å². The van der Waals surface area contributed by atoms with Crippen LogP contribution in [0.25, 0.3) is 0 Å². The number of carbonyl (C=O) groups excluding carboxylic acids is 8. The van der Waals surface area contributed by atoms with Crippen LogP contribution in [-0.4, -0.2) is 194 Å². The van der Waals surface area contributed by atoms with E-state index in [9.17, 15) is 61.3 Å². The van der Waals surface area contributed by atoms with Gasteiger partial charge >= 0.3 is 5.97 Å². The number of ketones is 7. The zero-order chi connectivity index (χ0) is 69.0. The fraction of sp³-hybridized carbons (Fsp3) is 0.176. The van der Waals surface area contributed by atoms with Gasteiger partial charge in [-0.05, 0) is 103 Å². The largest absolute Gasteiger partial charge is 0.508 e. The first-order valence-corrected chi connectivity index (χ1v) is 28.2. The van der Waals surface area contributed by atoms with Gasteiger partial charge < -0.3 is 95.5 Å². The van der Waals surface area contributed by atoms with Crippen molar-refractivity contribution in [2.75, 3.05) is 13.2 Å². The predicted octanol–water partition coefficient (Wildman–Crippen LogP) is 2.88. The van der Waals surface area contributed by atoms with Gasteiger partial charge in [0, 0.05) is 38.9 Å². The van der Waals surface area contributed by atoms with Crippen LogP contribution in [0.1, 0.15) is 82.9 Å². The molecule has 8 aromatic rings. The lowest BCUT2D eigenvalue weighted by Gasteiger charge is -2.68. The molecule has 8 aromatic carbocycles. The summed E-state index contributed by atoms with van der Waals surface area (Å²) in [5, 5.41) is 183. The number of hydrogen-bond donors (Lipinski definition) is 15. The smallest absolute Gasteiger partial charge is 0.339 e. The Labute approximate surface area is 534 Å². The molecule has 9 atom stereocenters. The molecule has 0 saturated carbocycles. The fourth-order valence-corrected chi connectivity index (χ4v) is 12.0. The van der Waals surface area contributed by atoms with Gasteiger partial charge in [0.25, 0.3) is 11.4 Å². The Morgan fingerprint density at radius 3 is 1.09 bits per heavy atom. The summed E-state index contributed by atoms with van der Waals surface area (Å²) in [5.41, 5.74) is -38.7. The summed E-state index contributed by atoms with van der Waals surface area (Å²) in [5.74, 6) is -37.9. The van der Waals surface area contributed by atoms with Crippen LogP contribution in [-0.2, 0) is 18.9 Å². The van der Waals surface area contributed by atoms with E-state index in [0.29, 0.717) is 91.0 Å². The number of hydrogen-bond acceptors (Lipinski definition) is 27. The normalized spacial score (nSPS) is 24.8. The number of carbonyl (C=O) groups is 8. The molecular weight excluding hydrogens is 1250 g/mol. The fourth-order valence-electron chi connectivity index (χ4n) is 12.0. The molecule has 0 amide bonds. The number of Topliss-reactive ketones (excluding diaryl/α,β-unsaturated/α-hetero) is 7. The Bertz CT molecular complexity index is 4390. The number of benzene rings is 8. The van der Waals surface area contributed by atoms with E-state index in [0.717, 1.165) is 103 Å². The van der Waals surface area contributed by atoms with Crippen molar-refractivity contribution >= 4 is 46.5 Å². The summed E-state index contributed by atoms with van der Waals surface area (Å²) in [6.45, 7) is -3.56. The molecule has 2 fully saturated rings. The van der Waals surface area contributed by atoms with Gasteiger partial charge in [0.15, 0.2) is 0 Å². The number of aromatic hydroxyl groups is 8. The van der Waals surface area contributed by atoms with E-state index < -0.39 is 208 Å². The van der Waals surface area contributed by atoms with Crippen LogP contribution in [0.4, 0.5) is 0 Å². The maximum Gasteiger partial charge on any atom is 0.339 e. The summed E-state index contributed by atoms with van der Waals surface area (Å²) in [4.78, 5) is 138. The molecule has 488 valence electrons. The third kappa shape index (κ3) is 10.4. The predicted molar refractivity (Wildman–Crippen MR) is 320 cm³/mol. The molecule has 0 radical (unpaired) electrons. The highest BCUT2D eigenvalue weighted by Crippen LogP contribution is 2.66. The topological polar surface area (TPSA) is 477 Å². The van der Waals surface area contributed by atoms with Crippen molar-refractivity contribution in [3.8, 4) is 46.0 Å². The average molecular weight is 1300 g/mol. The van der Waals surface area contributed by atoms with Gasteiger partial charge in [-0.15, -0.1) is 0 Å². The van der Waals surface area contributed by atoms with Crippen LogP contribution in [0.2, 0.25) is 0 Å². The highest BCUT2D eigenvalue weighted by atomic mass is 16.8. The number of esters is 1. The molecular formula is C68H54O27. The molecule has 0 bridgehead atoms. The molecule has 0 aromatic heterocycles. The van der Waals surface area contributed by atoms with E-state index in [1.807, 2.05) is 0 Å². The summed E-state index contributed by atoms with van der Waals surface area (Å²) >= 11 is 0. The van der Waals surface area contributed by atoms with E-state index >= 15 is 53.7 Å². The Hall–Kier alpha value is -11.1. The summed E-state index contributed by atoms with van der Waals surface area (Å²) in [6, 6.07) is 22.0. The summed E-state index contributed by atoms with van der Waals surface area (Å²) < 4.78 is 25.5. The molecule has 95 heavy (non-hydrogen) atoms. The first-order chi connectivity index (χ1) is 45.0. The van der Waals surface area contributed by atoms with Gasteiger partial charge in [0.05, 0.1) is 12.2 Å². The Balaban J connectivity index is 1.64. The van der Waals surface area contributed by atoms with Crippen molar-refractivity contribution in [3.05, 3.63) is 239 Å². The minimum Gasteiger partial charge on any atom is -0.508 e. The van der Waals surface area contributed by atoms with Crippen molar-refractivity contribution in [2.45, 2.75) is 57.9 Å². The maximum atomic E-state index is 17.9. The monoisotopic (exact) mass is 1300 g/mol. The first-order valence-electron chi connectivity index (χ1n) is 28.2. The van der Waals surface area contributed by atoms with E-state index in [4.69, 9.17) is 18.9 Å². The second-order valence-electron chi connectivity index (χ2n) is 22.2. The quantitative estimate of drug-likeness (QED) is 0.0279. The van der Waals surface area contributed by atoms with Crippen LogP contribution in [0.5, 0.6) is 46.0 Å².